The summed E-state index contributed by atoms with van der Waals surface area (Å²) in [5.74, 6) is -1.12. The maximum atomic E-state index is 13.0. The number of benzene rings is 3. The fourth-order valence-corrected chi connectivity index (χ4v) is 3.69. The van der Waals surface area contributed by atoms with E-state index in [1.807, 2.05) is 24.3 Å². The molecule has 3 aromatic carbocycles. The fraction of sp³-hybridized carbons (Fsp3) is 0.105. The van der Waals surface area contributed by atoms with Gasteiger partial charge in [0.25, 0.3) is 11.4 Å². The van der Waals surface area contributed by atoms with Gasteiger partial charge in [-0.1, -0.05) is 30.3 Å². The van der Waals surface area contributed by atoms with Gasteiger partial charge in [-0.15, -0.1) is 11.8 Å². The van der Waals surface area contributed by atoms with E-state index in [2.05, 4.69) is 5.32 Å². The summed E-state index contributed by atoms with van der Waals surface area (Å²) in [4.78, 5) is 31.8. The summed E-state index contributed by atoms with van der Waals surface area (Å²) in [6.45, 7) is 0. The Hall–Kier alpha value is -3.67. The van der Waals surface area contributed by atoms with Crippen molar-refractivity contribution in [1.82, 2.24) is 0 Å². The number of carbonyl (C=O) groups excluding carboxylic acids is 1. The number of halogens is 3. The Morgan fingerprint density at radius 2 is 1.52 bits per heavy atom. The number of hydrogen-bond donors (Lipinski definition) is 1. The van der Waals surface area contributed by atoms with Gasteiger partial charge >= 0.3 is 6.18 Å². The number of anilines is 1. The Labute approximate surface area is 176 Å². The first-order chi connectivity index (χ1) is 14.6. The molecule has 0 bridgehead atoms. The Bertz CT molecular complexity index is 1160. The van der Waals surface area contributed by atoms with Crippen LogP contribution in [0.2, 0.25) is 0 Å². The molecule has 1 amide bonds. The molecule has 0 fully saturated rings. The molecule has 0 saturated heterocycles. The van der Waals surface area contributed by atoms with E-state index in [4.69, 9.17) is 0 Å². The van der Waals surface area contributed by atoms with Crippen LogP contribution < -0.4 is 5.32 Å². The molecule has 0 aromatic heterocycles. The molecule has 8 nitrogen and oxygen atoms in total. The van der Waals surface area contributed by atoms with Crippen LogP contribution in [-0.2, 0) is 11.0 Å². The molecule has 0 spiro atoms. The normalized spacial score (nSPS) is 11.3. The van der Waals surface area contributed by atoms with E-state index < -0.39 is 49.5 Å². The molecule has 0 unspecified atom stereocenters. The maximum absolute atomic E-state index is 13.0. The summed E-state index contributed by atoms with van der Waals surface area (Å²) in [7, 11) is 0. The van der Waals surface area contributed by atoms with Crippen LogP contribution in [0.5, 0.6) is 0 Å². The lowest BCUT2D eigenvalue weighted by molar-refractivity contribution is -0.400. The molecule has 3 aromatic rings. The predicted octanol–water partition coefficient (Wildman–Crippen LogP) is 5.41. The maximum Gasteiger partial charge on any atom is 0.416 e. The minimum absolute atomic E-state index is 0.219. The number of nitrogens with one attached hydrogen (secondary N) is 1. The fourth-order valence-electron chi connectivity index (χ4n) is 2.78. The lowest BCUT2D eigenvalue weighted by Gasteiger charge is -2.10. The monoisotopic (exact) mass is 451 g/mol. The Balaban J connectivity index is 1.84. The first-order valence-electron chi connectivity index (χ1n) is 8.52. The van der Waals surface area contributed by atoms with Crippen LogP contribution in [-0.4, -0.2) is 21.5 Å². The van der Waals surface area contributed by atoms with Crippen LogP contribution >= 0.6 is 11.8 Å². The van der Waals surface area contributed by atoms with Gasteiger partial charge in [0.2, 0.25) is 5.91 Å². The van der Waals surface area contributed by atoms with E-state index in [1.165, 1.54) is 0 Å². The average Bonchev–Trinajstić information content (AvgIpc) is 2.70. The van der Waals surface area contributed by atoms with Gasteiger partial charge in [-0.2, -0.15) is 13.2 Å². The second-order valence-corrected chi connectivity index (χ2v) is 7.24. The highest BCUT2D eigenvalue weighted by molar-refractivity contribution is 8.00. The highest BCUT2D eigenvalue weighted by atomic mass is 32.2. The van der Waals surface area contributed by atoms with E-state index in [1.54, 1.807) is 18.2 Å². The van der Waals surface area contributed by atoms with Gasteiger partial charge in [0.15, 0.2) is 4.90 Å². The summed E-state index contributed by atoms with van der Waals surface area (Å²) >= 11 is 0.418. The number of nitro benzene ring substituents is 2. The molecule has 0 saturated carbocycles. The van der Waals surface area contributed by atoms with Crippen LogP contribution in [0.3, 0.4) is 0 Å². The van der Waals surface area contributed by atoms with E-state index >= 15 is 0 Å². The number of amides is 1. The lowest BCUT2D eigenvalue weighted by Crippen LogP contribution is -2.14. The van der Waals surface area contributed by atoms with Crippen molar-refractivity contribution in [1.29, 1.82) is 0 Å². The van der Waals surface area contributed by atoms with Crippen LogP contribution in [0.15, 0.2) is 59.5 Å². The predicted molar refractivity (Wildman–Crippen MR) is 108 cm³/mol. The zero-order valence-electron chi connectivity index (χ0n) is 15.4. The molecule has 0 aliphatic rings. The van der Waals surface area contributed by atoms with Gasteiger partial charge in [0.1, 0.15) is 0 Å². The van der Waals surface area contributed by atoms with Crippen molar-refractivity contribution < 1.29 is 27.8 Å². The molecule has 0 atom stereocenters. The largest absolute Gasteiger partial charge is 0.416 e. The second-order valence-electron chi connectivity index (χ2n) is 6.25. The molecule has 0 aliphatic heterocycles. The number of alkyl halides is 3. The van der Waals surface area contributed by atoms with E-state index in [0.29, 0.717) is 17.4 Å². The van der Waals surface area contributed by atoms with E-state index in [-0.39, 0.29) is 12.1 Å². The standard InChI is InChI=1S/C19H12F3N3O5S/c20-19(21,22)13-8-15(24(27)28)18(16(9-13)25(29)30)31-10-17(26)23-14-6-5-11-3-1-2-4-12(11)7-14/h1-9H,10H2,(H,23,26). The minimum atomic E-state index is -5.01. The van der Waals surface area contributed by atoms with Crippen molar-refractivity contribution in [2.24, 2.45) is 0 Å². The van der Waals surface area contributed by atoms with Crippen LogP contribution in [0.4, 0.5) is 30.2 Å². The van der Waals surface area contributed by atoms with Gasteiger partial charge in [-0.25, -0.2) is 0 Å². The first kappa shape index (κ1) is 22.0. The van der Waals surface area contributed by atoms with Gasteiger partial charge in [-0.05, 0) is 22.9 Å². The molecule has 0 aliphatic carbocycles. The van der Waals surface area contributed by atoms with E-state index in [9.17, 15) is 38.2 Å². The highest BCUT2D eigenvalue weighted by Gasteiger charge is 2.37. The summed E-state index contributed by atoms with van der Waals surface area (Å²) in [5, 5.41) is 26.8. The lowest BCUT2D eigenvalue weighted by atomic mass is 10.1. The summed E-state index contributed by atoms with van der Waals surface area (Å²) < 4.78 is 38.9. The van der Waals surface area contributed by atoms with Crippen molar-refractivity contribution in [3.05, 3.63) is 80.4 Å². The van der Waals surface area contributed by atoms with Crippen molar-refractivity contribution >= 4 is 45.5 Å². The van der Waals surface area contributed by atoms with Gasteiger partial charge in [0.05, 0.1) is 21.2 Å². The zero-order chi connectivity index (χ0) is 22.8. The van der Waals surface area contributed by atoms with Crippen molar-refractivity contribution in [3.63, 3.8) is 0 Å². The molecule has 31 heavy (non-hydrogen) atoms. The first-order valence-corrected chi connectivity index (χ1v) is 9.50. The van der Waals surface area contributed by atoms with Gasteiger partial charge in [-0.3, -0.25) is 25.0 Å². The van der Waals surface area contributed by atoms with Crippen LogP contribution in [0, 0.1) is 20.2 Å². The zero-order valence-corrected chi connectivity index (χ0v) is 16.2. The molecule has 160 valence electrons. The SMILES string of the molecule is O=C(CSc1c([N+](=O)[O-])cc(C(F)(F)F)cc1[N+](=O)[O-])Nc1ccc2ccccc2c1. The number of fused-ring (bicyclic) bond motifs is 1. The smallest absolute Gasteiger partial charge is 0.325 e. The third-order valence-corrected chi connectivity index (χ3v) is 5.26. The topological polar surface area (TPSA) is 115 Å². The Morgan fingerprint density at radius 1 is 0.935 bits per heavy atom. The second kappa shape index (κ2) is 8.60. The summed E-state index contributed by atoms with van der Waals surface area (Å²) in [5.41, 5.74) is -3.27. The minimum Gasteiger partial charge on any atom is -0.325 e. The van der Waals surface area contributed by atoms with Crippen LogP contribution in [0.25, 0.3) is 10.8 Å². The van der Waals surface area contributed by atoms with Crippen molar-refractivity contribution in [2.45, 2.75) is 11.1 Å². The van der Waals surface area contributed by atoms with Gasteiger partial charge in [0, 0.05) is 17.8 Å². The molecular weight excluding hydrogens is 439 g/mol. The van der Waals surface area contributed by atoms with Crippen molar-refractivity contribution in [2.75, 3.05) is 11.1 Å². The Kier molecular flexibility index (Phi) is 6.11. The number of nitrogens with zero attached hydrogens (tertiary/aromatic N) is 2. The number of thioether (sulfide) groups is 1. The molecular formula is C19H12F3N3O5S. The van der Waals surface area contributed by atoms with Gasteiger partial charge < -0.3 is 5.32 Å². The number of carbonyl (C=O) groups is 1. The number of rotatable bonds is 6. The van der Waals surface area contributed by atoms with E-state index in [0.717, 1.165) is 10.8 Å². The third kappa shape index (κ3) is 5.09. The number of hydrogen-bond acceptors (Lipinski definition) is 6. The Morgan fingerprint density at radius 3 is 2.06 bits per heavy atom. The molecule has 3 rings (SSSR count). The third-order valence-electron chi connectivity index (χ3n) is 4.15. The van der Waals surface area contributed by atoms with Crippen molar-refractivity contribution in [3.8, 4) is 0 Å². The quantitative estimate of drug-likeness (QED) is 0.305. The molecule has 1 N–H and O–H groups in total. The van der Waals surface area contributed by atoms with Crippen LogP contribution in [0.1, 0.15) is 5.56 Å². The highest BCUT2D eigenvalue weighted by Crippen LogP contribution is 2.42. The summed E-state index contributed by atoms with van der Waals surface area (Å²) in [6, 6.07) is 12.9. The average molecular weight is 451 g/mol. The molecule has 12 heteroatoms. The number of nitro groups is 2. The molecule has 0 heterocycles. The summed E-state index contributed by atoms with van der Waals surface area (Å²) in [6.07, 6.45) is -5.01. The molecule has 0 radical (unpaired) electrons.